The highest BCUT2D eigenvalue weighted by Gasteiger charge is 2.20. The molecule has 0 aliphatic carbocycles. The molecule has 0 saturated heterocycles. The van der Waals surface area contributed by atoms with E-state index in [4.69, 9.17) is 0 Å². The molecule has 21 heavy (non-hydrogen) atoms. The van der Waals surface area contributed by atoms with Gasteiger partial charge in [0.2, 0.25) is 10.0 Å². The molecule has 2 rings (SSSR count). The monoisotopic (exact) mass is 330 g/mol. The number of rotatable bonds is 5. The lowest BCUT2D eigenvalue weighted by Gasteiger charge is -2.12. The van der Waals surface area contributed by atoms with E-state index in [1.165, 1.54) is 18.3 Å². The first-order valence-electron chi connectivity index (χ1n) is 5.79. The van der Waals surface area contributed by atoms with Crippen LogP contribution in [0.1, 0.15) is 5.69 Å². The Hall–Kier alpha value is -2.07. The van der Waals surface area contributed by atoms with Crippen molar-refractivity contribution in [3.8, 4) is 0 Å². The van der Waals surface area contributed by atoms with E-state index in [0.29, 0.717) is 5.69 Å². The minimum Gasteiger partial charge on any atom is -0.282 e. The van der Waals surface area contributed by atoms with Gasteiger partial charge in [-0.2, -0.15) is 5.10 Å². The van der Waals surface area contributed by atoms with Crippen LogP contribution in [0.25, 0.3) is 0 Å². The summed E-state index contributed by atoms with van der Waals surface area (Å²) in [5, 5.41) is 6.19. The van der Waals surface area contributed by atoms with E-state index in [-0.39, 0.29) is 16.3 Å². The molecule has 1 heterocycles. The molecule has 3 N–H and O–H groups in total. The number of aryl methyl sites for hydroxylation is 1. The number of H-pyrrole nitrogens is 1. The molecule has 0 fully saturated rings. The van der Waals surface area contributed by atoms with Crippen LogP contribution in [0.5, 0.6) is 0 Å². The van der Waals surface area contributed by atoms with Crippen molar-refractivity contribution in [3.05, 3.63) is 36.2 Å². The van der Waals surface area contributed by atoms with Gasteiger partial charge in [0.05, 0.1) is 29.5 Å². The third kappa shape index (κ3) is 3.73. The fourth-order valence-electron chi connectivity index (χ4n) is 1.67. The summed E-state index contributed by atoms with van der Waals surface area (Å²) in [6.45, 7) is 1.57. The maximum Gasteiger partial charge on any atom is 0.265 e. The van der Waals surface area contributed by atoms with Crippen LogP contribution in [0.15, 0.2) is 35.4 Å². The van der Waals surface area contributed by atoms with Gasteiger partial charge in [0.25, 0.3) is 10.0 Å². The molecule has 1 aromatic heterocycles. The summed E-state index contributed by atoms with van der Waals surface area (Å²) in [5.74, 6) is 0. The molecule has 0 unspecified atom stereocenters. The Kier molecular flexibility index (Phi) is 3.92. The molecule has 2 aromatic rings. The summed E-state index contributed by atoms with van der Waals surface area (Å²) in [6, 6.07) is 6.10. The smallest absolute Gasteiger partial charge is 0.265 e. The lowest BCUT2D eigenvalue weighted by Crippen LogP contribution is -2.16. The van der Waals surface area contributed by atoms with Gasteiger partial charge in [0.15, 0.2) is 0 Å². The maximum absolute atomic E-state index is 12.3. The number of para-hydroxylation sites is 2. The predicted octanol–water partition coefficient (Wildman–Crippen LogP) is 0.890. The Morgan fingerprint density at radius 2 is 1.62 bits per heavy atom. The lowest BCUT2D eigenvalue weighted by atomic mass is 10.3. The summed E-state index contributed by atoms with van der Waals surface area (Å²) < 4.78 is 51.7. The van der Waals surface area contributed by atoms with Gasteiger partial charge in [-0.3, -0.25) is 14.5 Å². The highest BCUT2D eigenvalue weighted by molar-refractivity contribution is 7.93. The maximum atomic E-state index is 12.3. The molecule has 0 bridgehead atoms. The summed E-state index contributed by atoms with van der Waals surface area (Å²) >= 11 is 0. The average molecular weight is 330 g/mol. The normalized spacial score (nSPS) is 12.1. The topological polar surface area (TPSA) is 121 Å². The Balaban J connectivity index is 2.39. The number of hydrogen-bond donors (Lipinski definition) is 3. The van der Waals surface area contributed by atoms with Crippen LogP contribution in [-0.4, -0.2) is 33.3 Å². The number of nitrogens with zero attached hydrogens (tertiary/aromatic N) is 1. The zero-order chi connectivity index (χ0) is 15.7. The van der Waals surface area contributed by atoms with Crippen LogP contribution in [0.4, 0.5) is 11.4 Å². The highest BCUT2D eigenvalue weighted by Crippen LogP contribution is 2.25. The second-order valence-electron chi connectivity index (χ2n) is 4.38. The van der Waals surface area contributed by atoms with E-state index < -0.39 is 20.0 Å². The van der Waals surface area contributed by atoms with E-state index in [0.717, 1.165) is 6.26 Å². The molecule has 114 valence electrons. The molecule has 0 aliphatic heterocycles. The summed E-state index contributed by atoms with van der Waals surface area (Å²) in [4.78, 5) is -0.00309. The van der Waals surface area contributed by atoms with Crippen LogP contribution < -0.4 is 9.44 Å². The molecule has 0 spiro atoms. The third-order valence-corrected chi connectivity index (χ3v) is 4.61. The fraction of sp³-hybridized carbons (Fsp3) is 0.182. The Bertz CT molecular complexity index is 856. The largest absolute Gasteiger partial charge is 0.282 e. The summed E-state index contributed by atoms with van der Waals surface area (Å²) in [5.41, 5.74) is 0.657. The van der Waals surface area contributed by atoms with Crippen molar-refractivity contribution in [1.29, 1.82) is 0 Å². The second kappa shape index (κ2) is 5.37. The number of aromatic amines is 1. The first-order chi connectivity index (χ1) is 9.69. The molecular weight excluding hydrogens is 316 g/mol. The van der Waals surface area contributed by atoms with Crippen LogP contribution in [-0.2, 0) is 20.0 Å². The fourth-order valence-corrected chi connectivity index (χ4v) is 3.47. The van der Waals surface area contributed by atoms with Gasteiger partial charge in [-0.25, -0.2) is 16.8 Å². The minimum atomic E-state index is -3.86. The minimum absolute atomic E-state index is 0.00309. The molecule has 1 aromatic carbocycles. The number of hydrogen-bond acceptors (Lipinski definition) is 5. The SMILES string of the molecule is Cc1[nH]ncc1S(=O)(=O)Nc1ccccc1NS(C)(=O)=O. The van der Waals surface area contributed by atoms with E-state index in [1.54, 1.807) is 19.1 Å². The van der Waals surface area contributed by atoms with Crippen LogP contribution in [0.3, 0.4) is 0 Å². The van der Waals surface area contributed by atoms with E-state index >= 15 is 0 Å². The van der Waals surface area contributed by atoms with Crippen molar-refractivity contribution in [1.82, 2.24) is 10.2 Å². The van der Waals surface area contributed by atoms with Crippen molar-refractivity contribution in [2.75, 3.05) is 15.7 Å². The number of aromatic nitrogens is 2. The van der Waals surface area contributed by atoms with Gasteiger partial charge in [-0.05, 0) is 19.1 Å². The Morgan fingerprint density at radius 3 is 2.10 bits per heavy atom. The zero-order valence-electron chi connectivity index (χ0n) is 11.3. The average Bonchev–Trinajstić information content (AvgIpc) is 2.77. The van der Waals surface area contributed by atoms with Gasteiger partial charge in [-0.15, -0.1) is 0 Å². The molecule has 0 atom stereocenters. The molecule has 0 radical (unpaired) electrons. The van der Waals surface area contributed by atoms with Crippen LogP contribution in [0.2, 0.25) is 0 Å². The van der Waals surface area contributed by atoms with Crippen molar-refractivity contribution in [2.24, 2.45) is 0 Å². The van der Waals surface area contributed by atoms with Crippen LogP contribution in [0, 0.1) is 6.92 Å². The second-order valence-corrected chi connectivity index (χ2v) is 7.78. The highest BCUT2D eigenvalue weighted by atomic mass is 32.2. The molecular formula is C11H14N4O4S2. The molecule has 0 saturated carbocycles. The standard InChI is InChI=1S/C11H14N4O4S2/c1-8-11(7-12-13-8)21(18,19)15-10-6-4-3-5-9(10)14-20(2,16)17/h3-7,14-15H,1-2H3,(H,12,13). The summed E-state index contributed by atoms with van der Waals surface area (Å²) in [6.07, 6.45) is 2.17. The number of sulfonamides is 2. The van der Waals surface area contributed by atoms with Crippen molar-refractivity contribution < 1.29 is 16.8 Å². The van der Waals surface area contributed by atoms with Crippen molar-refractivity contribution in [3.63, 3.8) is 0 Å². The van der Waals surface area contributed by atoms with E-state index in [9.17, 15) is 16.8 Å². The molecule has 8 nitrogen and oxygen atoms in total. The van der Waals surface area contributed by atoms with Gasteiger partial charge < -0.3 is 0 Å². The number of anilines is 2. The Morgan fingerprint density at radius 1 is 1.05 bits per heavy atom. The number of benzene rings is 1. The molecule has 0 aliphatic rings. The van der Waals surface area contributed by atoms with Gasteiger partial charge >= 0.3 is 0 Å². The van der Waals surface area contributed by atoms with E-state index in [1.807, 2.05) is 0 Å². The first kappa shape index (κ1) is 15.3. The number of nitrogens with one attached hydrogen (secondary N) is 3. The zero-order valence-corrected chi connectivity index (χ0v) is 12.9. The van der Waals surface area contributed by atoms with Crippen molar-refractivity contribution in [2.45, 2.75) is 11.8 Å². The molecule has 0 amide bonds. The van der Waals surface area contributed by atoms with Gasteiger partial charge in [-0.1, -0.05) is 12.1 Å². The first-order valence-corrected chi connectivity index (χ1v) is 9.16. The van der Waals surface area contributed by atoms with Crippen LogP contribution >= 0.6 is 0 Å². The van der Waals surface area contributed by atoms with Gasteiger partial charge in [0.1, 0.15) is 4.90 Å². The van der Waals surface area contributed by atoms with Gasteiger partial charge in [0, 0.05) is 0 Å². The lowest BCUT2D eigenvalue weighted by molar-refractivity contribution is 0.600. The Labute approximate surface area is 122 Å². The van der Waals surface area contributed by atoms with E-state index in [2.05, 4.69) is 19.6 Å². The van der Waals surface area contributed by atoms with Crippen molar-refractivity contribution >= 4 is 31.4 Å². The summed E-state index contributed by atoms with van der Waals surface area (Å²) in [7, 11) is -7.38. The third-order valence-electron chi connectivity index (χ3n) is 2.54. The quantitative estimate of drug-likeness (QED) is 0.752. The molecule has 10 heteroatoms. The predicted molar refractivity (Wildman–Crippen MR) is 79.0 cm³/mol.